The lowest BCUT2D eigenvalue weighted by Gasteiger charge is -2.31. The summed E-state index contributed by atoms with van der Waals surface area (Å²) in [4.78, 5) is 6.77. The molecule has 1 aliphatic rings. The van der Waals surface area contributed by atoms with Crippen LogP contribution in [0.1, 0.15) is 31.5 Å². The van der Waals surface area contributed by atoms with Crippen molar-refractivity contribution in [2.75, 3.05) is 39.9 Å². The molecule has 6 nitrogen and oxygen atoms in total. The largest absolute Gasteiger partial charge is 0.383 e. The Kier molecular flexibility index (Phi) is 6.42. The predicted octanol–water partition coefficient (Wildman–Crippen LogP) is 1.08. The van der Waals surface area contributed by atoms with E-state index in [1.165, 1.54) is 12.8 Å². The highest BCUT2D eigenvalue weighted by atomic mass is 16.5. The number of methoxy groups -OCH3 is 1. The van der Waals surface area contributed by atoms with E-state index in [0.717, 1.165) is 63.4 Å². The zero-order chi connectivity index (χ0) is 14.2. The van der Waals surface area contributed by atoms with Crippen LogP contribution >= 0.6 is 0 Å². The third-order valence-corrected chi connectivity index (χ3v) is 3.81. The number of aryl methyl sites for hydroxylation is 1. The van der Waals surface area contributed by atoms with Gasteiger partial charge in [-0.05, 0) is 38.4 Å². The van der Waals surface area contributed by atoms with Crippen molar-refractivity contribution in [1.82, 2.24) is 20.4 Å². The van der Waals surface area contributed by atoms with Crippen molar-refractivity contribution in [1.29, 1.82) is 0 Å². The Bertz CT molecular complexity index is 375. The molecular weight excluding hydrogens is 256 g/mol. The van der Waals surface area contributed by atoms with Gasteiger partial charge in [0.1, 0.15) is 0 Å². The normalized spacial score (nSPS) is 17.7. The zero-order valence-electron chi connectivity index (χ0n) is 12.6. The summed E-state index contributed by atoms with van der Waals surface area (Å²) in [5.41, 5.74) is 0. The van der Waals surface area contributed by atoms with Crippen LogP contribution in [-0.2, 0) is 17.7 Å². The van der Waals surface area contributed by atoms with Crippen LogP contribution in [0.5, 0.6) is 0 Å². The van der Waals surface area contributed by atoms with Crippen LogP contribution in [-0.4, -0.2) is 54.9 Å². The summed E-state index contributed by atoms with van der Waals surface area (Å²) >= 11 is 0. The van der Waals surface area contributed by atoms with Crippen molar-refractivity contribution in [3.05, 3.63) is 11.7 Å². The number of hydrogen-bond donors (Lipinski definition) is 1. The molecule has 1 aromatic rings. The Morgan fingerprint density at radius 1 is 1.40 bits per heavy atom. The van der Waals surface area contributed by atoms with Crippen molar-refractivity contribution in [3.63, 3.8) is 0 Å². The fourth-order valence-electron chi connectivity index (χ4n) is 2.52. The van der Waals surface area contributed by atoms with Crippen molar-refractivity contribution >= 4 is 0 Å². The molecule has 0 spiro atoms. The van der Waals surface area contributed by atoms with Gasteiger partial charge in [-0.3, -0.25) is 4.90 Å². The highest BCUT2D eigenvalue weighted by Gasteiger charge is 2.20. The highest BCUT2D eigenvalue weighted by Crippen LogP contribution is 2.18. The van der Waals surface area contributed by atoms with Crippen LogP contribution in [0, 0.1) is 5.92 Å². The van der Waals surface area contributed by atoms with Gasteiger partial charge in [-0.2, -0.15) is 4.98 Å². The number of aromatic nitrogens is 2. The highest BCUT2D eigenvalue weighted by molar-refractivity contribution is 4.86. The van der Waals surface area contributed by atoms with Crippen molar-refractivity contribution in [3.8, 4) is 0 Å². The van der Waals surface area contributed by atoms with Crippen molar-refractivity contribution in [2.24, 2.45) is 5.92 Å². The molecule has 0 atom stereocenters. The molecule has 1 N–H and O–H groups in total. The first-order valence-corrected chi connectivity index (χ1v) is 7.55. The number of likely N-dealkylation sites (tertiary alicyclic amines) is 1. The van der Waals surface area contributed by atoms with Gasteiger partial charge in [0, 0.05) is 20.1 Å². The number of piperidine rings is 1. The zero-order valence-corrected chi connectivity index (χ0v) is 12.6. The van der Waals surface area contributed by atoms with Gasteiger partial charge in [0.05, 0.1) is 13.2 Å². The van der Waals surface area contributed by atoms with Gasteiger partial charge in [-0.15, -0.1) is 0 Å². The maximum Gasteiger partial charge on any atom is 0.240 e. The molecule has 1 aromatic heterocycles. The summed E-state index contributed by atoms with van der Waals surface area (Å²) in [6, 6.07) is 0. The summed E-state index contributed by atoms with van der Waals surface area (Å²) in [5, 5.41) is 7.39. The van der Waals surface area contributed by atoms with Gasteiger partial charge < -0.3 is 14.6 Å². The molecular formula is C14H26N4O2. The summed E-state index contributed by atoms with van der Waals surface area (Å²) in [6.45, 7) is 7.88. The molecule has 1 fully saturated rings. The minimum atomic E-state index is 0.749. The predicted molar refractivity (Wildman–Crippen MR) is 76.4 cm³/mol. The van der Waals surface area contributed by atoms with E-state index in [9.17, 15) is 0 Å². The minimum absolute atomic E-state index is 0.749. The van der Waals surface area contributed by atoms with E-state index >= 15 is 0 Å². The summed E-state index contributed by atoms with van der Waals surface area (Å²) < 4.78 is 10.3. The molecule has 6 heteroatoms. The smallest absolute Gasteiger partial charge is 0.240 e. The average Bonchev–Trinajstić information content (AvgIpc) is 2.93. The van der Waals surface area contributed by atoms with E-state index in [2.05, 4.69) is 20.4 Å². The van der Waals surface area contributed by atoms with Crippen molar-refractivity contribution < 1.29 is 9.26 Å². The summed E-state index contributed by atoms with van der Waals surface area (Å²) in [5.74, 6) is 2.33. The molecule has 1 aliphatic heterocycles. The van der Waals surface area contributed by atoms with Gasteiger partial charge in [0.15, 0.2) is 5.82 Å². The number of hydrogen-bond acceptors (Lipinski definition) is 6. The minimum Gasteiger partial charge on any atom is -0.383 e. The summed E-state index contributed by atoms with van der Waals surface area (Å²) in [6.07, 6.45) is 3.29. The second-order valence-electron chi connectivity index (χ2n) is 5.37. The third-order valence-electron chi connectivity index (χ3n) is 3.81. The first-order valence-electron chi connectivity index (χ1n) is 7.55. The Balaban J connectivity index is 1.63. The molecule has 2 heterocycles. The van der Waals surface area contributed by atoms with E-state index in [-0.39, 0.29) is 0 Å². The number of ether oxygens (including phenoxy) is 1. The van der Waals surface area contributed by atoms with Crippen molar-refractivity contribution in [2.45, 2.75) is 32.7 Å². The van der Waals surface area contributed by atoms with E-state index in [0.29, 0.717) is 0 Å². The lowest BCUT2D eigenvalue weighted by atomic mass is 9.97. The second-order valence-corrected chi connectivity index (χ2v) is 5.37. The van der Waals surface area contributed by atoms with Crippen LogP contribution < -0.4 is 5.32 Å². The Morgan fingerprint density at radius 3 is 2.85 bits per heavy atom. The molecule has 20 heavy (non-hydrogen) atoms. The maximum absolute atomic E-state index is 5.25. The molecule has 0 aromatic carbocycles. The first-order chi connectivity index (χ1) is 9.81. The van der Waals surface area contributed by atoms with Crippen LogP contribution in [0.4, 0.5) is 0 Å². The van der Waals surface area contributed by atoms with E-state index in [1.807, 2.05) is 6.92 Å². The fraction of sp³-hybridized carbons (Fsp3) is 0.857. The number of nitrogens with zero attached hydrogens (tertiary/aromatic N) is 3. The van der Waals surface area contributed by atoms with E-state index < -0.39 is 0 Å². The molecule has 0 aliphatic carbocycles. The molecule has 0 bridgehead atoms. The summed E-state index contributed by atoms with van der Waals surface area (Å²) in [7, 11) is 1.74. The quantitative estimate of drug-likeness (QED) is 0.720. The molecule has 0 unspecified atom stereocenters. The van der Waals surface area contributed by atoms with Gasteiger partial charge >= 0.3 is 0 Å². The maximum atomic E-state index is 5.25. The topological polar surface area (TPSA) is 63.4 Å². The van der Waals surface area contributed by atoms with Crippen LogP contribution in [0.25, 0.3) is 0 Å². The Hall–Kier alpha value is -0.980. The third kappa shape index (κ3) is 4.85. The second kappa shape index (κ2) is 8.34. The molecule has 0 radical (unpaired) electrons. The SMILES string of the molecule is CCc1noc(CN2CCC(CNCCOC)CC2)n1. The lowest BCUT2D eigenvalue weighted by Crippen LogP contribution is -2.37. The first kappa shape index (κ1) is 15.4. The van der Waals surface area contributed by atoms with Gasteiger partial charge in [0.25, 0.3) is 0 Å². The molecule has 1 saturated heterocycles. The molecule has 0 saturated carbocycles. The average molecular weight is 282 g/mol. The fourth-order valence-corrected chi connectivity index (χ4v) is 2.52. The monoisotopic (exact) mass is 282 g/mol. The number of rotatable bonds is 8. The van der Waals surface area contributed by atoms with Crippen LogP contribution in [0.3, 0.4) is 0 Å². The van der Waals surface area contributed by atoms with Crippen LogP contribution in [0.15, 0.2) is 4.52 Å². The van der Waals surface area contributed by atoms with Gasteiger partial charge in [-0.25, -0.2) is 0 Å². The molecule has 114 valence electrons. The van der Waals surface area contributed by atoms with Crippen LogP contribution in [0.2, 0.25) is 0 Å². The molecule has 0 amide bonds. The number of nitrogens with one attached hydrogen (secondary N) is 1. The standard InChI is InChI=1S/C14H26N4O2/c1-3-13-16-14(20-17-13)11-18-7-4-12(5-8-18)10-15-6-9-19-2/h12,15H,3-11H2,1-2H3. The van der Waals surface area contributed by atoms with Gasteiger partial charge in [-0.1, -0.05) is 12.1 Å². The Morgan fingerprint density at radius 2 is 2.20 bits per heavy atom. The Labute approximate surface area is 120 Å². The van der Waals surface area contributed by atoms with E-state index in [1.54, 1.807) is 7.11 Å². The lowest BCUT2D eigenvalue weighted by molar-refractivity contribution is 0.154. The molecule has 2 rings (SSSR count). The van der Waals surface area contributed by atoms with Gasteiger partial charge in [0.2, 0.25) is 5.89 Å². The van der Waals surface area contributed by atoms with E-state index in [4.69, 9.17) is 9.26 Å².